The van der Waals surface area contributed by atoms with Gasteiger partial charge in [-0.15, -0.1) is 0 Å². The maximum absolute atomic E-state index is 13.9. The fourth-order valence-electron chi connectivity index (χ4n) is 3.84. The van der Waals surface area contributed by atoms with E-state index in [1.165, 1.54) is 4.57 Å². The highest BCUT2D eigenvalue weighted by molar-refractivity contribution is 5.77. The molecular weight excluding hydrogens is 428 g/mol. The molecule has 170 valence electrons. The highest BCUT2D eigenvalue weighted by atomic mass is 19.3. The molecule has 1 fully saturated rings. The van der Waals surface area contributed by atoms with Crippen LogP contribution in [0.3, 0.4) is 0 Å². The second-order valence-corrected chi connectivity index (χ2v) is 7.73. The van der Waals surface area contributed by atoms with Crippen LogP contribution < -0.4 is 10.2 Å². The summed E-state index contributed by atoms with van der Waals surface area (Å²) in [5, 5.41) is 3.30. The predicted molar refractivity (Wildman–Crippen MR) is 121 cm³/mol. The molecule has 1 saturated heterocycles. The predicted octanol–water partition coefficient (Wildman–Crippen LogP) is 4.16. The summed E-state index contributed by atoms with van der Waals surface area (Å²) in [5.74, 6) is 0.399. The van der Waals surface area contributed by atoms with Crippen LogP contribution in [0.5, 0.6) is 0 Å². The molecule has 0 radical (unpaired) electrons. The molecule has 0 spiro atoms. The van der Waals surface area contributed by atoms with Gasteiger partial charge < -0.3 is 15.0 Å². The van der Waals surface area contributed by atoms with Gasteiger partial charge in [-0.2, -0.15) is 15.0 Å². The van der Waals surface area contributed by atoms with E-state index >= 15 is 0 Å². The quantitative estimate of drug-likeness (QED) is 0.472. The molecule has 10 heteroatoms. The lowest BCUT2D eigenvalue weighted by molar-refractivity contribution is 0.122. The number of halogens is 2. The Morgan fingerprint density at radius 2 is 1.58 bits per heavy atom. The van der Waals surface area contributed by atoms with E-state index in [4.69, 9.17) is 4.74 Å². The number of benzene rings is 2. The molecule has 8 nitrogen and oxygen atoms in total. The third-order valence-corrected chi connectivity index (χ3v) is 5.53. The minimum Gasteiger partial charge on any atom is -0.378 e. The average molecular weight is 451 g/mol. The smallest absolute Gasteiger partial charge is 0.296 e. The fraction of sp³-hybridized carbons (Fsp3) is 0.304. The Bertz CT molecular complexity index is 1240. The first-order chi connectivity index (χ1) is 16.1. The molecule has 1 aliphatic rings. The summed E-state index contributed by atoms with van der Waals surface area (Å²) in [6.07, 6.45) is -2.79. The van der Waals surface area contributed by atoms with Crippen LogP contribution >= 0.6 is 0 Å². The van der Waals surface area contributed by atoms with Gasteiger partial charge in [-0.05, 0) is 24.6 Å². The van der Waals surface area contributed by atoms with Crippen molar-refractivity contribution in [2.45, 2.75) is 19.4 Å². The molecule has 0 aliphatic carbocycles. The van der Waals surface area contributed by atoms with Gasteiger partial charge in [0.1, 0.15) is 0 Å². The van der Waals surface area contributed by atoms with E-state index in [9.17, 15) is 8.78 Å². The summed E-state index contributed by atoms with van der Waals surface area (Å²) in [6.45, 7) is 4.28. The van der Waals surface area contributed by atoms with Gasteiger partial charge in [-0.25, -0.2) is 13.8 Å². The van der Waals surface area contributed by atoms with Crippen molar-refractivity contribution in [1.82, 2.24) is 24.5 Å². The van der Waals surface area contributed by atoms with Crippen LogP contribution in [0.25, 0.3) is 17.0 Å². The molecule has 33 heavy (non-hydrogen) atoms. The van der Waals surface area contributed by atoms with Crippen molar-refractivity contribution in [2.75, 3.05) is 36.5 Å². The number of para-hydroxylation sites is 2. The number of alkyl halides is 2. The van der Waals surface area contributed by atoms with E-state index < -0.39 is 12.2 Å². The SMILES string of the molecule is C[C@@H](Nc1nc(N2CCOCC2)nc(-n2c(C(F)F)nc3ccccc32)n1)c1ccccc1. The van der Waals surface area contributed by atoms with E-state index in [0.29, 0.717) is 49.2 Å². The van der Waals surface area contributed by atoms with E-state index in [1.54, 1.807) is 24.3 Å². The summed E-state index contributed by atoms with van der Waals surface area (Å²) in [5.41, 5.74) is 2.01. The van der Waals surface area contributed by atoms with E-state index in [0.717, 1.165) is 5.56 Å². The van der Waals surface area contributed by atoms with Crippen LogP contribution in [0.15, 0.2) is 54.6 Å². The van der Waals surface area contributed by atoms with Crippen molar-refractivity contribution in [1.29, 1.82) is 0 Å². The van der Waals surface area contributed by atoms with E-state index in [-0.39, 0.29) is 12.0 Å². The lowest BCUT2D eigenvalue weighted by Crippen LogP contribution is -2.37. The molecule has 3 heterocycles. The average Bonchev–Trinajstić information content (AvgIpc) is 3.25. The molecule has 0 amide bonds. The third-order valence-electron chi connectivity index (χ3n) is 5.53. The maximum atomic E-state index is 13.9. The Morgan fingerprint density at radius 1 is 0.879 bits per heavy atom. The topological polar surface area (TPSA) is 81.0 Å². The van der Waals surface area contributed by atoms with Gasteiger partial charge in [0.05, 0.1) is 30.3 Å². The number of morpholine rings is 1. The van der Waals surface area contributed by atoms with Crippen LogP contribution in [-0.2, 0) is 4.74 Å². The van der Waals surface area contributed by atoms with Crippen LogP contribution in [-0.4, -0.2) is 50.8 Å². The van der Waals surface area contributed by atoms with Crippen molar-refractivity contribution >= 4 is 22.9 Å². The van der Waals surface area contributed by atoms with E-state index in [2.05, 4.69) is 25.3 Å². The van der Waals surface area contributed by atoms with Crippen LogP contribution in [0.1, 0.15) is 30.8 Å². The van der Waals surface area contributed by atoms with Crippen molar-refractivity contribution in [3.05, 3.63) is 66.0 Å². The Labute approximate surface area is 189 Å². The summed E-state index contributed by atoms with van der Waals surface area (Å²) >= 11 is 0. The Kier molecular flexibility index (Phi) is 5.82. The van der Waals surface area contributed by atoms with Crippen LogP contribution in [0.4, 0.5) is 20.7 Å². The number of hydrogen-bond donors (Lipinski definition) is 1. The zero-order valence-corrected chi connectivity index (χ0v) is 18.0. The molecule has 2 aromatic carbocycles. The normalized spacial score (nSPS) is 15.2. The Hall–Kier alpha value is -3.66. The molecule has 4 aromatic rings. The first-order valence-corrected chi connectivity index (χ1v) is 10.8. The van der Waals surface area contributed by atoms with Gasteiger partial charge in [-0.1, -0.05) is 42.5 Å². The number of aromatic nitrogens is 5. The molecule has 0 bridgehead atoms. The number of anilines is 2. The van der Waals surface area contributed by atoms with Gasteiger partial charge in [0.25, 0.3) is 6.43 Å². The highest BCUT2D eigenvalue weighted by Gasteiger charge is 2.24. The van der Waals surface area contributed by atoms with Crippen LogP contribution in [0.2, 0.25) is 0 Å². The molecule has 1 atom stereocenters. The van der Waals surface area contributed by atoms with Crippen molar-refractivity contribution in [3.8, 4) is 5.95 Å². The van der Waals surface area contributed by atoms with Gasteiger partial charge in [0.15, 0.2) is 5.82 Å². The van der Waals surface area contributed by atoms with Crippen molar-refractivity contribution in [3.63, 3.8) is 0 Å². The minimum absolute atomic E-state index is 0.0956. The zero-order chi connectivity index (χ0) is 22.8. The molecular formula is C23H23F2N7O. The fourth-order valence-corrected chi connectivity index (χ4v) is 3.84. The van der Waals surface area contributed by atoms with Crippen LogP contribution in [0, 0.1) is 0 Å². The van der Waals surface area contributed by atoms with E-state index in [1.807, 2.05) is 42.2 Å². The number of fused-ring (bicyclic) bond motifs is 1. The first kappa shape index (κ1) is 21.2. The number of hydrogen-bond acceptors (Lipinski definition) is 7. The summed E-state index contributed by atoms with van der Waals surface area (Å²) in [6, 6.07) is 16.7. The number of ether oxygens (including phenoxy) is 1. The third kappa shape index (κ3) is 4.34. The Morgan fingerprint density at radius 3 is 2.33 bits per heavy atom. The molecule has 2 aromatic heterocycles. The van der Waals surface area contributed by atoms with Gasteiger partial charge in [0, 0.05) is 13.1 Å². The zero-order valence-electron chi connectivity index (χ0n) is 18.0. The lowest BCUT2D eigenvalue weighted by atomic mass is 10.1. The van der Waals surface area contributed by atoms with Gasteiger partial charge in [-0.3, -0.25) is 4.57 Å². The van der Waals surface area contributed by atoms with Crippen molar-refractivity contribution < 1.29 is 13.5 Å². The second-order valence-electron chi connectivity index (χ2n) is 7.73. The van der Waals surface area contributed by atoms with Crippen molar-refractivity contribution in [2.24, 2.45) is 0 Å². The first-order valence-electron chi connectivity index (χ1n) is 10.8. The monoisotopic (exact) mass is 451 g/mol. The molecule has 0 saturated carbocycles. The molecule has 1 aliphatic heterocycles. The molecule has 1 N–H and O–H groups in total. The second kappa shape index (κ2) is 9.07. The maximum Gasteiger partial charge on any atom is 0.296 e. The largest absolute Gasteiger partial charge is 0.378 e. The Balaban J connectivity index is 1.62. The summed E-state index contributed by atoms with van der Waals surface area (Å²) < 4.78 is 34.6. The minimum atomic E-state index is -2.79. The molecule has 5 rings (SSSR count). The number of rotatable bonds is 6. The number of nitrogens with zero attached hydrogens (tertiary/aromatic N) is 6. The summed E-state index contributed by atoms with van der Waals surface area (Å²) in [4.78, 5) is 19.8. The summed E-state index contributed by atoms with van der Waals surface area (Å²) in [7, 11) is 0. The van der Waals surface area contributed by atoms with Gasteiger partial charge in [0.2, 0.25) is 17.8 Å². The highest BCUT2D eigenvalue weighted by Crippen LogP contribution is 2.28. The number of imidazole rings is 1. The van der Waals surface area contributed by atoms with Gasteiger partial charge >= 0.3 is 0 Å². The lowest BCUT2D eigenvalue weighted by Gasteiger charge is -2.27. The number of nitrogens with one attached hydrogen (secondary N) is 1. The standard InChI is InChI=1S/C23H23F2N7O/c1-15(16-7-3-2-4-8-16)26-21-28-22(31-11-13-33-14-12-31)30-23(29-21)32-18-10-6-5-9-17(18)27-20(32)19(24)25/h2-10,15,19H,11-14H2,1H3,(H,26,28,29,30)/t15-/m1/s1. The molecule has 0 unspecified atom stereocenters.